The summed E-state index contributed by atoms with van der Waals surface area (Å²) in [6.07, 6.45) is 3.78. The summed E-state index contributed by atoms with van der Waals surface area (Å²) in [5.41, 5.74) is 2.17. The van der Waals surface area contributed by atoms with Crippen LogP contribution in [-0.2, 0) is 4.74 Å². The minimum absolute atomic E-state index is 0.0897. The zero-order valence-electron chi connectivity index (χ0n) is 8.24. The van der Waals surface area contributed by atoms with E-state index in [0.29, 0.717) is 0 Å². The maximum atomic E-state index is 6.08. The summed E-state index contributed by atoms with van der Waals surface area (Å²) in [4.78, 5) is 4.35. The van der Waals surface area contributed by atoms with Gasteiger partial charge < -0.3 is 4.74 Å². The van der Waals surface area contributed by atoms with Gasteiger partial charge in [0.1, 0.15) is 6.10 Å². The molecule has 2 rings (SSSR count). The van der Waals surface area contributed by atoms with Crippen LogP contribution in [0, 0.1) is 6.92 Å². The summed E-state index contributed by atoms with van der Waals surface area (Å²) < 4.78 is 5.63. The van der Waals surface area contributed by atoms with Crippen molar-refractivity contribution in [2.75, 3.05) is 6.61 Å². The lowest BCUT2D eigenvalue weighted by atomic mass is 10.1. The second-order valence-electron chi connectivity index (χ2n) is 3.74. The second kappa shape index (κ2) is 4.28. The van der Waals surface area contributed by atoms with Crippen LogP contribution < -0.4 is 0 Å². The van der Waals surface area contributed by atoms with Gasteiger partial charge in [-0.25, -0.2) is 0 Å². The van der Waals surface area contributed by atoms with Gasteiger partial charge in [-0.15, -0.1) is 11.6 Å². The van der Waals surface area contributed by atoms with Crippen molar-refractivity contribution in [3.63, 3.8) is 0 Å². The lowest BCUT2D eigenvalue weighted by molar-refractivity contribution is 0.0142. The van der Waals surface area contributed by atoms with E-state index in [1.165, 1.54) is 5.56 Å². The molecule has 1 aromatic heterocycles. The quantitative estimate of drug-likeness (QED) is 0.667. The molecular formula is C11H14ClNO. The number of alkyl halides is 1. The molecule has 0 aromatic carbocycles. The van der Waals surface area contributed by atoms with Gasteiger partial charge in [0.2, 0.25) is 0 Å². The third kappa shape index (κ3) is 2.25. The van der Waals surface area contributed by atoms with Gasteiger partial charge in [-0.05, 0) is 31.4 Å². The molecule has 2 nitrogen and oxygen atoms in total. The number of pyridine rings is 1. The highest BCUT2D eigenvalue weighted by Gasteiger charge is 2.22. The van der Waals surface area contributed by atoms with Crippen LogP contribution in [0.1, 0.15) is 30.2 Å². The number of halogens is 1. The van der Waals surface area contributed by atoms with Crippen LogP contribution in [0.5, 0.6) is 0 Å². The summed E-state index contributed by atoms with van der Waals surface area (Å²) in [5.74, 6) is 0. The van der Waals surface area contributed by atoms with Gasteiger partial charge in [-0.1, -0.05) is 6.07 Å². The molecule has 0 N–H and O–H groups in total. The summed E-state index contributed by atoms with van der Waals surface area (Å²) in [7, 11) is 0. The van der Waals surface area contributed by atoms with Crippen molar-refractivity contribution < 1.29 is 4.74 Å². The SMILES string of the molecule is Cc1ccc(C2CC(Cl)CCO2)nc1. The van der Waals surface area contributed by atoms with Crippen molar-refractivity contribution >= 4 is 11.6 Å². The van der Waals surface area contributed by atoms with Gasteiger partial charge in [0.05, 0.1) is 5.69 Å². The molecule has 0 bridgehead atoms. The number of ether oxygens (including phenoxy) is 1. The first-order valence-corrected chi connectivity index (χ1v) is 5.37. The van der Waals surface area contributed by atoms with E-state index in [1.807, 2.05) is 19.2 Å². The summed E-state index contributed by atoms with van der Waals surface area (Å²) in [6.45, 7) is 2.78. The van der Waals surface area contributed by atoms with Crippen molar-refractivity contribution in [1.29, 1.82) is 0 Å². The first-order valence-electron chi connectivity index (χ1n) is 4.94. The Labute approximate surface area is 89.3 Å². The van der Waals surface area contributed by atoms with Gasteiger partial charge in [-0.2, -0.15) is 0 Å². The number of aromatic nitrogens is 1. The molecule has 0 aliphatic carbocycles. The van der Waals surface area contributed by atoms with Crippen molar-refractivity contribution in [3.05, 3.63) is 29.6 Å². The lowest BCUT2D eigenvalue weighted by Crippen LogP contribution is -2.20. The Balaban J connectivity index is 2.10. The first-order chi connectivity index (χ1) is 6.75. The van der Waals surface area contributed by atoms with Crippen LogP contribution in [0.15, 0.2) is 18.3 Å². The fourth-order valence-corrected chi connectivity index (χ4v) is 1.88. The predicted molar refractivity (Wildman–Crippen MR) is 56.5 cm³/mol. The maximum absolute atomic E-state index is 6.08. The van der Waals surface area contributed by atoms with Gasteiger partial charge in [0.25, 0.3) is 0 Å². The molecule has 1 fully saturated rings. The van der Waals surface area contributed by atoms with E-state index in [-0.39, 0.29) is 11.5 Å². The monoisotopic (exact) mass is 211 g/mol. The van der Waals surface area contributed by atoms with E-state index in [4.69, 9.17) is 16.3 Å². The van der Waals surface area contributed by atoms with Crippen LogP contribution >= 0.6 is 11.6 Å². The van der Waals surface area contributed by atoms with Crippen LogP contribution in [0.2, 0.25) is 0 Å². The predicted octanol–water partition coefficient (Wildman–Crippen LogP) is 2.85. The van der Waals surface area contributed by atoms with Gasteiger partial charge in [-0.3, -0.25) is 4.98 Å². The zero-order valence-corrected chi connectivity index (χ0v) is 9.00. The molecule has 0 saturated carbocycles. The average Bonchev–Trinajstić information content (AvgIpc) is 2.19. The van der Waals surface area contributed by atoms with E-state index >= 15 is 0 Å². The van der Waals surface area contributed by atoms with Gasteiger partial charge in [0, 0.05) is 18.2 Å². The molecule has 1 aromatic rings. The highest BCUT2D eigenvalue weighted by atomic mass is 35.5. The number of hydrogen-bond donors (Lipinski definition) is 0. The summed E-state index contributed by atoms with van der Waals surface area (Å²) in [5, 5.41) is 0.233. The van der Waals surface area contributed by atoms with Crippen molar-refractivity contribution in [2.24, 2.45) is 0 Å². The minimum Gasteiger partial charge on any atom is -0.372 e. The molecule has 2 unspecified atom stereocenters. The fourth-order valence-electron chi connectivity index (χ4n) is 1.63. The van der Waals surface area contributed by atoms with E-state index < -0.39 is 0 Å². The Bertz CT molecular complexity index is 299. The number of hydrogen-bond acceptors (Lipinski definition) is 2. The fraction of sp³-hybridized carbons (Fsp3) is 0.545. The Morgan fingerprint density at radius 1 is 1.50 bits per heavy atom. The van der Waals surface area contributed by atoms with Gasteiger partial charge in [0.15, 0.2) is 0 Å². The molecular weight excluding hydrogens is 198 g/mol. The lowest BCUT2D eigenvalue weighted by Gasteiger charge is -2.25. The number of nitrogens with zero attached hydrogens (tertiary/aromatic N) is 1. The zero-order chi connectivity index (χ0) is 9.97. The summed E-state index contributed by atoms with van der Waals surface area (Å²) in [6, 6.07) is 4.08. The largest absolute Gasteiger partial charge is 0.372 e. The van der Waals surface area contributed by atoms with Crippen LogP contribution in [0.25, 0.3) is 0 Å². The van der Waals surface area contributed by atoms with Crippen LogP contribution in [-0.4, -0.2) is 17.0 Å². The highest BCUT2D eigenvalue weighted by Crippen LogP contribution is 2.29. The van der Waals surface area contributed by atoms with Crippen LogP contribution in [0.4, 0.5) is 0 Å². The molecule has 0 amide bonds. The molecule has 2 heterocycles. The number of rotatable bonds is 1. The third-order valence-corrected chi connectivity index (χ3v) is 2.88. The molecule has 0 spiro atoms. The van der Waals surface area contributed by atoms with Gasteiger partial charge >= 0.3 is 0 Å². The van der Waals surface area contributed by atoms with Crippen LogP contribution in [0.3, 0.4) is 0 Å². The van der Waals surface area contributed by atoms with E-state index in [9.17, 15) is 0 Å². The van der Waals surface area contributed by atoms with Crippen molar-refractivity contribution in [3.8, 4) is 0 Å². The molecule has 76 valence electrons. The van der Waals surface area contributed by atoms with Crippen molar-refractivity contribution in [1.82, 2.24) is 4.98 Å². The molecule has 1 aliphatic rings. The van der Waals surface area contributed by atoms with Crippen molar-refractivity contribution in [2.45, 2.75) is 31.2 Å². The van der Waals surface area contributed by atoms with E-state index in [0.717, 1.165) is 25.1 Å². The van der Waals surface area contributed by atoms with E-state index in [2.05, 4.69) is 11.1 Å². The van der Waals surface area contributed by atoms with E-state index in [1.54, 1.807) is 0 Å². The molecule has 2 atom stereocenters. The average molecular weight is 212 g/mol. The Morgan fingerprint density at radius 2 is 2.36 bits per heavy atom. The smallest absolute Gasteiger partial charge is 0.101 e. The Hall–Kier alpha value is -0.600. The highest BCUT2D eigenvalue weighted by molar-refractivity contribution is 6.20. The normalized spacial score (nSPS) is 27.6. The summed E-state index contributed by atoms with van der Waals surface area (Å²) >= 11 is 6.08. The third-order valence-electron chi connectivity index (χ3n) is 2.48. The second-order valence-corrected chi connectivity index (χ2v) is 4.36. The Morgan fingerprint density at radius 3 is 3.00 bits per heavy atom. The minimum atomic E-state index is 0.0897. The first kappa shape index (κ1) is 9.94. The molecule has 14 heavy (non-hydrogen) atoms. The standard InChI is InChI=1S/C11H14ClNO/c1-8-2-3-10(13-7-8)11-6-9(12)4-5-14-11/h2-3,7,9,11H,4-6H2,1H3. The topological polar surface area (TPSA) is 22.1 Å². The number of aryl methyl sites for hydroxylation is 1. The molecule has 0 radical (unpaired) electrons. The maximum Gasteiger partial charge on any atom is 0.101 e. The molecule has 1 aliphatic heterocycles. The molecule has 3 heteroatoms. The molecule has 1 saturated heterocycles. The Kier molecular flexibility index (Phi) is 3.04.